The molecule has 2 rings (SSSR count). The van der Waals surface area contributed by atoms with E-state index >= 15 is 0 Å². The molecule has 0 heterocycles. The topological polar surface area (TPSA) is 0 Å². The first kappa shape index (κ1) is 15.7. The zero-order chi connectivity index (χ0) is 14.7. The standard InChI is InChI=1S/C17H17Br2F/c1-3-11-5-6-13(9-12(11)4-2)17(19)15-8-7-14(20)10-16(15)18/h5-10,17H,3-4H2,1-2H3. The van der Waals surface area contributed by atoms with E-state index in [-0.39, 0.29) is 10.6 Å². The highest BCUT2D eigenvalue weighted by atomic mass is 79.9. The predicted octanol–water partition coefficient (Wildman–Crippen LogP) is 6.20. The van der Waals surface area contributed by atoms with Crippen LogP contribution in [0.1, 0.15) is 40.9 Å². The van der Waals surface area contributed by atoms with Crippen LogP contribution in [0.2, 0.25) is 0 Å². The van der Waals surface area contributed by atoms with E-state index in [9.17, 15) is 4.39 Å². The highest BCUT2D eigenvalue weighted by Gasteiger charge is 2.15. The van der Waals surface area contributed by atoms with Gasteiger partial charge >= 0.3 is 0 Å². The van der Waals surface area contributed by atoms with E-state index in [0.717, 1.165) is 22.9 Å². The number of alkyl halides is 1. The summed E-state index contributed by atoms with van der Waals surface area (Å²) in [4.78, 5) is 0.0636. The maximum absolute atomic E-state index is 13.2. The summed E-state index contributed by atoms with van der Waals surface area (Å²) in [5.74, 6) is -0.226. The van der Waals surface area contributed by atoms with Gasteiger partial charge in [0.25, 0.3) is 0 Å². The van der Waals surface area contributed by atoms with E-state index in [4.69, 9.17) is 0 Å². The van der Waals surface area contributed by atoms with Gasteiger partial charge in [0.15, 0.2) is 0 Å². The number of hydrogen-bond acceptors (Lipinski definition) is 0. The van der Waals surface area contributed by atoms with Gasteiger partial charge in [-0.2, -0.15) is 0 Å². The molecule has 0 fully saturated rings. The fraction of sp³-hybridized carbons (Fsp3) is 0.294. The molecule has 3 heteroatoms. The number of rotatable bonds is 4. The van der Waals surface area contributed by atoms with Crippen molar-refractivity contribution in [1.82, 2.24) is 0 Å². The van der Waals surface area contributed by atoms with E-state index in [2.05, 4.69) is 63.9 Å². The van der Waals surface area contributed by atoms with Gasteiger partial charge in [0.2, 0.25) is 0 Å². The quantitative estimate of drug-likeness (QED) is 0.537. The van der Waals surface area contributed by atoms with Gasteiger partial charge in [-0.25, -0.2) is 4.39 Å². The maximum atomic E-state index is 13.2. The second-order valence-corrected chi connectivity index (χ2v) is 6.53. The van der Waals surface area contributed by atoms with Gasteiger partial charge in [-0.15, -0.1) is 0 Å². The van der Waals surface area contributed by atoms with Crippen molar-refractivity contribution >= 4 is 31.9 Å². The lowest BCUT2D eigenvalue weighted by Gasteiger charge is -2.15. The van der Waals surface area contributed by atoms with Gasteiger partial charge < -0.3 is 0 Å². The van der Waals surface area contributed by atoms with Crippen LogP contribution in [0.4, 0.5) is 4.39 Å². The lowest BCUT2D eigenvalue weighted by molar-refractivity contribution is 0.626. The summed E-state index contributed by atoms with van der Waals surface area (Å²) in [6.07, 6.45) is 2.08. The monoisotopic (exact) mass is 398 g/mol. The van der Waals surface area contributed by atoms with Crippen LogP contribution in [0.3, 0.4) is 0 Å². The molecule has 0 amide bonds. The molecule has 0 aromatic heterocycles. The minimum Gasteiger partial charge on any atom is -0.207 e. The van der Waals surface area contributed by atoms with Crippen LogP contribution in [-0.2, 0) is 12.8 Å². The van der Waals surface area contributed by atoms with E-state index in [1.54, 1.807) is 0 Å². The van der Waals surface area contributed by atoms with Crippen LogP contribution in [0.25, 0.3) is 0 Å². The van der Waals surface area contributed by atoms with Gasteiger partial charge in [0.1, 0.15) is 5.82 Å². The zero-order valence-corrected chi connectivity index (χ0v) is 14.8. The highest BCUT2D eigenvalue weighted by Crippen LogP contribution is 2.36. The van der Waals surface area contributed by atoms with Crippen LogP contribution in [0.15, 0.2) is 40.9 Å². The van der Waals surface area contributed by atoms with E-state index in [0.29, 0.717) is 0 Å². The van der Waals surface area contributed by atoms with Crippen molar-refractivity contribution in [3.05, 3.63) is 68.9 Å². The first-order chi connectivity index (χ1) is 9.56. The molecule has 0 N–H and O–H groups in total. The molecule has 0 saturated heterocycles. The molecule has 106 valence electrons. The average Bonchev–Trinajstić information content (AvgIpc) is 2.45. The number of benzene rings is 2. The van der Waals surface area contributed by atoms with Crippen molar-refractivity contribution in [2.45, 2.75) is 31.5 Å². The normalized spacial score (nSPS) is 12.4. The first-order valence-corrected chi connectivity index (χ1v) is 8.48. The largest absolute Gasteiger partial charge is 0.207 e. The molecule has 0 aliphatic carbocycles. The highest BCUT2D eigenvalue weighted by molar-refractivity contribution is 9.11. The van der Waals surface area contributed by atoms with Gasteiger partial charge in [0, 0.05) is 4.47 Å². The minimum atomic E-state index is -0.226. The maximum Gasteiger partial charge on any atom is 0.124 e. The molecule has 20 heavy (non-hydrogen) atoms. The Kier molecular flexibility index (Phi) is 5.39. The summed E-state index contributed by atoms with van der Waals surface area (Å²) in [6, 6.07) is 11.4. The van der Waals surface area contributed by atoms with E-state index < -0.39 is 0 Å². The lowest BCUT2D eigenvalue weighted by Crippen LogP contribution is -1.98. The SMILES string of the molecule is CCc1ccc(C(Br)c2ccc(F)cc2Br)cc1CC. The number of halogens is 3. The predicted molar refractivity (Wildman–Crippen MR) is 90.1 cm³/mol. The number of hydrogen-bond donors (Lipinski definition) is 0. The number of aryl methyl sites for hydroxylation is 2. The molecule has 0 saturated carbocycles. The van der Waals surface area contributed by atoms with Gasteiger partial charge in [-0.05, 0) is 47.2 Å². The molecule has 0 radical (unpaired) electrons. The Morgan fingerprint density at radius 1 is 1.00 bits per heavy atom. The van der Waals surface area contributed by atoms with Crippen molar-refractivity contribution in [3.63, 3.8) is 0 Å². The van der Waals surface area contributed by atoms with Gasteiger partial charge in [-0.1, -0.05) is 70.0 Å². The molecule has 0 aliphatic rings. The van der Waals surface area contributed by atoms with Crippen LogP contribution in [0, 0.1) is 5.82 Å². The lowest BCUT2D eigenvalue weighted by atomic mass is 9.96. The molecule has 0 spiro atoms. The molecule has 1 unspecified atom stereocenters. The molecule has 2 aromatic carbocycles. The summed E-state index contributed by atoms with van der Waals surface area (Å²) in [5, 5.41) is 0. The summed E-state index contributed by atoms with van der Waals surface area (Å²) < 4.78 is 14.0. The van der Waals surface area contributed by atoms with Gasteiger partial charge in [0.05, 0.1) is 4.83 Å². The van der Waals surface area contributed by atoms with Crippen molar-refractivity contribution in [2.75, 3.05) is 0 Å². The summed E-state index contributed by atoms with van der Waals surface area (Å²) >= 11 is 7.17. The fourth-order valence-electron chi connectivity index (χ4n) is 2.36. The Bertz CT molecular complexity index is 608. The van der Waals surface area contributed by atoms with Crippen LogP contribution < -0.4 is 0 Å². The van der Waals surface area contributed by atoms with E-state index in [1.165, 1.54) is 28.8 Å². The molecular formula is C17H17Br2F. The van der Waals surface area contributed by atoms with Crippen LogP contribution in [-0.4, -0.2) is 0 Å². The molecule has 0 aliphatic heterocycles. The molecule has 0 nitrogen and oxygen atoms in total. The fourth-order valence-corrected chi connectivity index (χ4v) is 3.94. The summed E-state index contributed by atoms with van der Waals surface area (Å²) in [5.41, 5.74) is 5.02. The zero-order valence-electron chi connectivity index (χ0n) is 11.6. The third kappa shape index (κ3) is 3.32. The first-order valence-electron chi connectivity index (χ1n) is 6.77. The van der Waals surface area contributed by atoms with Crippen LogP contribution >= 0.6 is 31.9 Å². The van der Waals surface area contributed by atoms with Crippen molar-refractivity contribution in [2.24, 2.45) is 0 Å². The van der Waals surface area contributed by atoms with Crippen LogP contribution in [0.5, 0.6) is 0 Å². The van der Waals surface area contributed by atoms with Crippen molar-refractivity contribution in [3.8, 4) is 0 Å². The Balaban J connectivity index is 2.40. The Morgan fingerprint density at radius 3 is 2.30 bits per heavy atom. The van der Waals surface area contributed by atoms with E-state index in [1.807, 2.05) is 6.07 Å². The second-order valence-electron chi connectivity index (χ2n) is 4.76. The van der Waals surface area contributed by atoms with Gasteiger partial charge in [-0.3, -0.25) is 0 Å². The summed E-state index contributed by atoms with van der Waals surface area (Å²) in [6.45, 7) is 4.35. The third-order valence-electron chi connectivity index (χ3n) is 3.52. The average molecular weight is 400 g/mol. The Labute approximate surface area is 136 Å². The Hall–Kier alpha value is -0.670. The molecular weight excluding hydrogens is 383 g/mol. The summed E-state index contributed by atoms with van der Waals surface area (Å²) in [7, 11) is 0. The van der Waals surface area contributed by atoms with Crippen molar-refractivity contribution in [1.29, 1.82) is 0 Å². The third-order valence-corrected chi connectivity index (χ3v) is 5.23. The smallest absolute Gasteiger partial charge is 0.124 e. The van der Waals surface area contributed by atoms with Crippen molar-refractivity contribution < 1.29 is 4.39 Å². The molecule has 0 bridgehead atoms. The molecule has 2 aromatic rings. The molecule has 1 atom stereocenters. The second kappa shape index (κ2) is 6.86. The Morgan fingerprint density at radius 2 is 1.70 bits per heavy atom. The minimum absolute atomic E-state index is 0.0636.